The van der Waals surface area contributed by atoms with E-state index >= 15 is 4.39 Å². The molecule has 230 valence electrons. The van der Waals surface area contributed by atoms with Crippen molar-refractivity contribution in [2.24, 2.45) is 7.05 Å². The molecular formula is C35H38FN3O5. The summed E-state index contributed by atoms with van der Waals surface area (Å²) in [6, 6.07) is 11.3. The molecule has 3 heterocycles. The van der Waals surface area contributed by atoms with Gasteiger partial charge in [-0.05, 0) is 94.7 Å². The molecule has 6 rings (SSSR count). The highest BCUT2D eigenvalue weighted by atomic mass is 19.1. The standard InChI is InChI=1S/C35H38FN3O5/c1-18-23-12-9-13-43-30(23)26(36)16-24(18)29-25-17-27(33(40)38-22-14-20-10-7-8-11-21(20)15-22)39(6)32(25)37-19(2)28(29)31(34(41)42)44-35(3,4)5/h7-8,10-11,16-17,22,31H,9,12-15H2,1-6H3,(H,38,40)(H,41,42)/t31-/m0/s1. The van der Waals surface area contributed by atoms with Crippen LogP contribution in [0.5, 0.6) is 5.75 Å². The van der Waals surface area contributed by atoms with Crippen LogP contribution in [0.25, 0.3) is 22.2 Å². The first-order valence-corrected chi connectivity index (χ1v) is 15.1. The molecule has 44 heavy (non-hydrogen) atoms. The first-order valence-electron chi connectivity index (χ1n) is 15.1. The average Bonchev–Trinajstić information content (AvgIpc) is 3.52. The normalized spacial score (nSPS) is 15.5. The summed E-state index contributed by atoms with van der Waals surface area (Å²) in [7, 11) is 1.77. The monoisotopic (exact) mass is 599 g/mol. The average molecular weight is 600 g/mol. The predicted molar refractivity (Wildman–Crippen MR) is 166 cm³/mol. The van der Waals surface area contributed by atoms with Gasteiger partial charge in [0.1, 0.15) is 11.3 Å². The maximum atomic E-state index is 15.7. The van der Waals surface area contributed by atoms with E-state index < -0.39 is 23.5 Å². The van der Waals surface area contributed by atoms with Crippen LogP contribution in [0.1, 0.15) is 77.3 Å². The fourth-order valence-corrected chi connectivity index (χ4v) is 6.71. The molecule has 9 heteroatoms. The molecule has 2 aromatic heterocycles. The van der Waals surface area contributed by atoms with Gasteiger partial charge in [-0.3, -0.25) is 4.79 Å². The number of aromatic nitrogens is 2. The number of nitrogens with one attached hydrogen (secondary N) is 1. The topological polar surface area (TPSA) is 103 Å². The molecule has 0 bridgehead atoms. The van der Waals surface area contributed by atoms with Crippen molar-refractivity contribution in [2.75, 3.05) is 6.61 Å². The van der Waals surface area contributed by atoms with Gasteiger partial charge in [-0.1, -0.05) is 24.3 Å². The molecule has 0 radical (unpaired) electrons. The third-order valence-corrected chi connectivity index (χ3v) is 8.69. The van der Waals surface area contributed by atoms with Gasteiger partial charge in [-0.15, -0.1) is 0 Å². The van der Waals surface area contributed by atoms with E-state index in [0.29, 0.717) is 52.1 Å². The molecule has 4 aromatic rings. The molecule has 1 aliphatic heterocycles. The van der Waals surface area contributed by atoms with Crippen molar-refractivity contribution in [3.63, 3.8) is 0 Å². The smallest absolute Gasteiger partial charge is 0.337 e. The minimum atomic E-state index is -1.38. The summed E-state index contributed by atoms with van der Waals surface area (Å²) >= 11 is 0. The number of hydrogen-bond acceptors (Lipinski definition) is 5. The van der Waals surface area contributed by atoms with E-state index in [0.717, 1.165) is 30.4 Å². The number of aliphatic carboxylic acids is 1. The number of rotatable bonds is 6. The molecule has 0 spiro atoms. The number of ether oxygens (including phenoxy) is 2. The molecule has 2 aromatic carbocycles. The van der Waals surface area contributed by atoms with Gasteiger partial charge in [-0.2, -0.15) is 0 Å². The Labute approximate surface area is 256 Å². The number of nitrogens with zero attached hydrogens (tertiary/aromatic N) is 2. The van der Waals surface area contributed by atoms with Crippen LogP contribution >= 0.6 is 0 Å². The molecule has 2 N–H and O–H groups in total. The summed E-state index contributed by atoms with van der Waals surface area (Å²) in [5.41, 5.74) is 5.89. The molecular weight excluding hydrogens is 561 g/mol. The second-order valence-electron chi connectivity index (χ2n) is 12.9. The van der Waals surface area contributed by atoms with Crippen LogP contribution < -0.4 is 10.1 Å². The van der Waals surface area contributed by atoms with Crippen molar-refractivity contribution in [3.8, 4) is 16.9 Å². The van der Waals surface area contributed by atoms with Crippen LogP contribution in [-0.4, -0.2) is 44.8 Å². The van der Waals surface area contributed by atoms with E-state index in [-0.39, 0.29) is 17.7 Å². The molecule has 1 aliphatic carbocycles. The lowest BCUT2D eigenvalue weighted by molar-refractivity contribution is -0.160. The molecule has 2 aliphatic rings. The summed E-state index contributed by atoms with van der Waals surface area (Å²) in [4.78, 5) is 31.4. The minimum absolute atomic E-state index is 0.0452. The lowest BCUT2D eigenvalue weighted by Crippen LogP contribution is -2.36. The third kappa shape index (κ3) is 5.23. The van der Waals surface area contributed by atoms with E-state index in [4.69, 9.17) is 14.5 Å². The number of carbonyl (C=O) groups is 2. The van der Waals surface area contributed by atoms with Crippen molar-refractivity contribution in [2.45, 2.75) is 78.0 Å². The second-order valence-corrected chi connectivity index (χ2v) is 12.9. The predicted octanol–water partition coefficient (Wildman–Crippen LogP) is 6.16. The Bertz CT molecular complexity index is 1790. The Morgan fingerprint density at radius 3 is 2.48 bits per heavy atom. The van der Waals surface area contributed by atoms with Gasteiger partial charge >= 0.3 is 5.97 Å². The quantitative estimate of drug-likeness (QED) is 0.275. The van der Waals surface area contributed by atoms with Crippen LogP contribution in [0.2, 0.25) is 0 Å². The first kappa shape index (κ1) is 29.8. The van der Waals surface area contributed by atoms with Gasteiger partial charge < -0.3 is 24.5 Å². The summed E-state index contributed by atoms with van der Waals surface area (Å²) in [5.74, 6) is -1.70. The number of carbonyl (C=O) groups excluding carboxylic acids is 1. The van der Waals surface area contributed by atoms with Gasteiger partial charge in [0.15, 0.2) is 17.7 Å². The van der Waals surface area contributed by atoms with E-state index in [9.17, 15) is 14.7 Å². The molecule has 0 unspecified atom stereocenters. The van der Waals surface area contributed by atoms with Crippen molar-refractivity contribution in [1.82, 2.24) is 14.9 Å². The zero-order chi connectivity index (χ0) is 31.5. The van der Waals surface area contributed by atoms with E-state index in [2.05, 4.69) is 17.4 Å². The number of aryl methyl sites for hydroxylation is 2. The second kappa shape index (κ2) is 11.0. The number of hydrogen-bond donors (Lipinski definition) is 2. The molecule has 0 saturated carbocycles. The van der Waals surface area contributed by atoms with Crippen LogP contribution in [0.15, 0.2) is 36.4 Å². The van der Waals surface area contributed by atoms with Gasteiger partial charge in [0.25, 0.3) is 5.91 Å². The number of benzene rings is 2. The van der Waals surface area contributed by atoms with E-state index in [1.807, 2.05) is 19.1 Å². The number of carboxylic acids is 1. The van der Waals surface area contributed by atoms with Crippen LogP contribution in [0.4, 0.5) is 4.39 Å². The lowest BCUT2D eigenvalue weighted by atomic mass is 9.86. The summed E-state index contributed by atoms with van der Waals surface area (Å²) in [6.07, 6.45) is 1.50. The van der Waals surface area contributed by atoms with Crippen molar-refractivity contribution < 1.29 is 28.6 Å². The maximum absolute atomic E-state index is 15.7. The highest BCUT2D eigenvalue weighted by molar-refractivity contribution is 6.05. The fraction of sp³-hybridized carbons (Fsp3) is 0.400. The number of fused-ring (bicyclic) bond motifs is 3. The Balaban J connectivity index is 1.55. The number of carboxylic acid groups (broad SMARTS) is 1. The van der Waals surface area contributed by atoms with Crippen LogP contribution in [-0.2, 0) is 35.8 Å². The third-order valence-electron chi connectivity index (χ3n) is 8.69. The van der Waals surface area contributed by atoms with E-state index in [1.54, 1.807) is 45.4 Å². The zero-order valence-corrected chi connectivity index (χ0v) is 26.0. The number of pyridine rings is 1. The van der Waals surface area contributed by atoms with Gasteiger partial charge in [-0.25, -0.2) is 14.2 Å². The minimum Gasteiger partial charge on any atom is -0.490 e. The summed E-state index contributed by atoms with van der Waals surface area (Å²) in [6.45, 7) is 9.45. The lowest BCUT2D eigenvalue weighted by Gasteiger charge is -2.29. The Morgan fingerprint density at radius 1 is 1.16 bits per heavy atom. The van der Waals surface area contributed by atoms with Crippen molar-refractivity contribution >= 4 is 22.9 Å². The Hall–Kier alpha value is -4.24. The summed E-state index contributed by atoms with van der Waals surface area (Å²) in [5, 5.41) is 14.2. The van der Waals surface area contributed by atoms with Crippen molar-refractivity contribution in [3.05, 3.63) is 81.4 Å². The molecule has 1 atom stereocenters. The van der Waals surface area contributed by atoms with Crippen LogP contribution in [0.3, 0.4) is 0 Å². The van der Waals surface area contributed by atoms with Gasteiger partial charge in [0.05, 0.1) is 12.2 Å². The fourth-order valence-electron chi connectivity index (χ4n) is 6.71. The maximum Gasteiger partial charge on any atom is 0.337 e. The molecule has 8 nitrogen and oxygen atoms in total. The van der Waals surface area contributed by atoms with E-state index in [1.165, 1.54) is 17.2 Å². The largest absolute Gasteiger partial charge is 0.490 e. The van der Waals surface area contributed by atoms with Gasteiger partial charge in [0.2, 0.25) is 0 Å². The first-order chi connectivity index (χ1) is 20.8. The summed E-state index contributed by atoms with van der Waals surface area (Å²) < 4.78 is 29.2. The van der Waals surface area contributed by atoms with Crippen molar-refractivity contribution in [1.29, 1.82) is 0 Å². The molecule has 0 saturated heterocycles. The highest BCUT2D eigenvalue weighted by Crippen LogP contribution is 2.44. The Morgan fingerprint density at radius 2 is 1.84 bits per heavy atom. The molecule has 0 fully saturated rings. The van der Waals surface area contributed by atoms with Gasteiger partial charge in [0, 0.05) is 40.9 Å². The Kier molecular flexibility index (Phi) is 7.48. The highest BCUT2D eigenvalue weighted by Gasteiger charge is 2.35. The zero-order valence-electron chi connectivity index (χ0n) is 26.0. The number of amides is 1. The number of halogens is 1. The van der Waals surface area contributed by atoms with Crippen LogP contribution in [0, 0.1) is 19.7 Å². The SMILES string of the molecule is Cc1nc2c(cc(C(=O)NC3Cc4ccccc4C3)n2C)c(-c2cc(F)c3c(c2C)CCCO3)c1[C@H](OC(C)(C)C)C(=O)O. The molecule has 1 amide bonds.